The number of hydrogen-bond acceptors (Lipinski definition) is 5. The lowest BCUT2D eigenvalue weighted by Gasteiger charge is -2.16. The summed E-state index contributed by atoms with van der Waals surface area (Å²) < 4.78 is 0. The fraction of sp³-hybridized carbons (Fsp3) is 0.500. The van der Waals surface area contributed by atoms with E-state index < -0.39 is 0 Å². The molecule has 0 aliphatic carbocycles. The van der Waals surface area contributed by atoms with Crippen molar-refractivity contribution < 1.29 is 0 Å². The lowest BCUT2D eigenvalue weighted by atomic mass is 10.1. The molecule has 5 nitrogen and oxygen atoms in total. The number of nitrogens with two attached hydrogens (primary N) is 1. The minimum Gasteiger partial charge on any atom is -0.382 e. The zero-order valence-corrected chi connectivity index (χ0v) is 8.99. The molecule has 3 N–H and O–H groups in total. The molecule has 0 spiro atoms. The molecule has 1 aromatic rings. The predicted octanol–water partition coefficient (Wildman–Crippen LogP) is 1.53. The summed E-state index contributed by atoms with van der Waals surface area (Å²) in [6.07, 6.45) is 3.32. The highest BCUT2D eigenvalue weighted by molar-refractivity contribution is 5.62. The van der Waals surface area contributed by atoms with Crippen LogP contribution >= 0.6 is 0 Å². The van der Waals surface area contributed by atoms with E-state index in [1.807, 2.05) is 6.07 Å². The van der Waals surface area contributed by atoms with Crippen LogP contribution < -0.4 is 11.1 Å². The second kappa shape index (κ2) is 5.15. The lowest BCUT2D eigenvalue weighted by Crippen LogP contribution is -2.19. The van der Waals surface area contributed by atoms with Gasteiger partial charge in [-0.15, -0.1) is 0 Å². The molecule has 5 heteroatoms. The second-order valence-electron chi connectivity index (χ2n) is 3.25. The summed E-state index contributed by atoms with van der Waals surface area (Å²) in [5.74, 6) is 0.750. The van der Waals surface area contributed by atoms with E-state index in [-0.39, 0.29) is 5.82 Å². The van der Waals surface area contributed by atoms with E-state index in [0.717, 1.165) is 12.8 Å². The summed E-state index contributed by atoms with van der Waals surface area (Å²) >= 11 is 0. The standard InChI is InChI=1S/C10H15N5/c1-3-7(4-2)15-10-8(5-11)9(12)13-6-14-10/h6-7H,3-4H2,1-2H3,(H3,12,13,14,15). The Labute approximate surface area is 89.3 Å². The Morgan fingerprint density at radius 3 is 2.67 bits per heavy atom. The Hall–Kier alpha value is -1.83. The van der Waals surface area contributed by atoms with E-state index in [1.165, 1.54) is 6.33 Å². The van der Waals surface area contributed by atoms with E-state index in [4.69, 9.17) is 11.0 Å². The number of hydrogen-bond donors (Lipinski definition) is 2. The predicted molar refractivity (Wildman–Crippen MR) is 59.2 cm³/mol. The van der Waals surface area contributed by atoms with Gasteiger partial charge in [-0.05, 0) is 12.8 Å². The number of rotatable bonds is 4. The van der Waals surface area contributed by atoms with Crippen LogP contribution in [0, 0.1) is 11.3 Å². The van der Waals surface area contributed by atoms with Gasteiger partial charge in [0.05, 0.1) is 0 Å². The zero-order chi connectivity index (χ0) is 11.3. The molecular weight excluding hydrogens is 190 g/mol. The third kappa shape index (κ3) is 2.56. The molecule has 15 heavy (non-hydrogen) atoms. The number of nitriles is 1. The van der Waals surface area contributed by atoms with Gasteiger partial charge in [0, 0.05) is 6.04 Å². The van der Waals surface area contributed by atoms with Crippen molar-refractivity contribution in [3.8, 4) is 6.07 Å². The normalized spacial score (nSPS) is 10.0. The first-order valence-electron chi connectivity index (χ1n) is 5.00. The van der Waals surface area contributed by atoms with Gasteiger partial charge < -0.3 is 11.1 Å². The van der Waals surface area contributed by atoms with Crippen LogP contribution in [-0.2, 0) is 0 Å². The van der Waals surface area contributed by atoms with Crippen LogP contribution in [0.15, 0.2) is 6.33 Å². The topological polar surface area (TPSA) is 87.6 Å². The van der Waals surface area contributed by atoms with Gasteiger partial charge in [-0.2, -0.15) is 5.26 Å². The molecule has 0 radical (unpaired) electrons. The van der Waals surface area contributed by atoms with Crippen LogP contribution in [0.1, 0.15) is 32.3 Å². The maximum Gasteiger partial charge on any atom is 0.149 e. The van der Waals surface area contributed by atoms with Crippen LogP contribution in [0.4, 0.5) is 11.6 Å². The molecule has 1 heterocycles. The maximum atomic E-state index is 8.91. The molecule has 0 saturated heterocycles. The number of anilines is 2. The van der Waals surface area contributed by atoms with Crippen molar-refractivity contribution in [3.63, 3.8) is 0 Å². The van der Waals surface area contributed by atoms with Crippen molar-refractivity contribution in [2.75, 3.05) is 11.1 Å². The Morgan fingerprint density at radius 2 is 2.13 bits per heavy atom. The number of nitrogen functional groups attached to an aromatic ring is 1. The number of aromatic nitrogens is 2. The minimum atomic E-state index is 0.223. The Kier molecular flexibility index (Phi) is 3.86. The molecule has 0 unspecified atom stereocenters. The van der Waals surface area contributed by atoms with E-state index >= 15 is 0 Å². The SMILES string of the molecule is CCC(CC)Nc1ncnc(N)c1C#N. The third-order valence-corrected chi connectivity index (χ3v) is 2.31. The average Bonchev–Trinajstić information content (AvgIpc) is 2.26. The largest absolute Gasteiger partial charge is 0.382 e. The summed E-state index contributed by atoms with van der Waals surface area (Å²) in [5.41, 5.74) is 5.90. The van der Waals surface area contributed by atoms with Crippen molar-refractivity contribution in [1.82, 2.24) is 9.97 Å². The molecule has 0 amide bonds. The smallest absolute Gasteiger partial charge is 0.149 e. The third-order valence-electron chi connectivity index (χ3n) is 2.31. The van der Waals surface area contributed by atoms with Gasteiger partial charge >= 0.3 is 0 Å². The molecule has 0 aromatic carbocycles. The van der Waals surface area contributed by atoms with Gasteiger partial charge in [-0.1, -0.05) is 13.8 Å². The molecule has 1 aromatic heterocycles. The molecule has 0 saturated carbocycles. The van der Waals surface area contributed by atoms with E-state index in [0.29, 0.717) is 17.4 Å². The Morgan fingerprint density at radius 1 is 1.47 bits per heavy atom. The minimum absolute atomic E-state index is 0.223. The van der Waals surface area contributed by atoms with Gasteiger partial charge in [-0.3, -0.25) is 0 Å². The molecule has 0 atom stereocenters. The quantitative estimate of drug-likeness (QED) is 0.778. The first-order chi connectivity index (χ1) is 7.22. The van der Waals surface area contributed by atoms with Gasteiger partial charge in [0.25, 0.3) is 0 Å². The van der Waals surface area contributed by atoms with E-state index in [9.17, 15) is 0 Å². The fourth-order valence-electron chi connectivity index (χ4n) is 1.31. The summed E-state index contributed by atoms with van der Waals surface area (Å²) in [5, 5.41) is 12.1. The van der Waals surface area contributed by atoms with Gasteiger partial charge in [0.2, 0.25) is 0 Å². The molecule has 0 aliphatic rings. The summed E-state index contributed by atoms with van der Waals surface area (Å²) in [6, 6.07) is 2.32. The zero-order valence-electron chi connectivity index (χ0n) is 8.99. The van der Waals surface area contributed by atoms with Crippen LogP contribution in [0.3, 0.4) is 0 Å². The van der Waals surface area contributed by atoms with Crippen LogP contribution in [0.25, 0.3) is 0 Å². The Bertz CT molecular complexity index is 365. The van der Waals surface area contributed by atoms with E-state index in [2.05, 4.69) is 29.1 Å². The van der Waals surface area contributed by atoms with Crippen LogP contribution in [0.2, 0.25) is 0 Å². The van der Waals surface area contributed by atoms with Crippen LogP contribution in [0.5, 0.6) is 0 Å². The monoisotopic (exact) mass is 205 g/mol. The van der Waals surface area contributed by atoms with Gasteiger partial charge in [0.1, 0.15) is 29.6 Å². The molecule has 80 valence electrons. The van der Waals surface area contributed by atoms with Crippen molar-refractivity contribution in [2.24, 2.45) is 0 Å². The van der Waals surface area contributed by atoms with Crippen molar-refractivity contribution >= 4 is 11.6 Å². The molecule has 0 fully saturated rings. The van der Waals surface area contributed by atoms with Crippen molar-refractivity contribution in [2.45, 2.75) is 32.7 Å². The highest BCUT2D eigenvalue weighted by Crippen LogP contribution is 2.17. The number of nitrogens with one attached hydrogen (secondary N) is 1. The molecular formula is C10H15N5. The molecule has 0 bridgehead atoms. The van der Waals surface area contributed by atoms with Crippen molar-refractivity contribution in [1.29, 1.82) is 5.26 Å². The summed E-state index contributed by atoms with van der Waals surface area (Å²) in [4.78, 5) is 7.80. The highest BCUT2D eigenvalue weighted by Gasteiger charge is 2.11. The Balaban J connectivity index is 2.95. The molecule has 1 rings (SSSR count). The first-order valence-corrected chi connectivity index (χ1v) is 5.00. The van der Waals surface area contributed by atoms with Crippen LogP contribution in [-0.4, -0.2) is 16.0 Å². The van der Waals surface area contributed by atoms with Gasteiger partial charge in [-0.25, -0.2) is 9.97 Å². The summed E-state index contributed by atoms with van der Waals surface area (Å²) in [6.45, 7) is 4.16. The number of nitrogens with zero attached hydrogens (tertiary/aromatic N) is 3. The lowest BCUT2D eigenvalue weighted by molar-refractivity contribution is 0.668. The van der Waals surface area contributed by atoms with Crippen molar-refractivity contribution in [3.05, 3.63) is 11.9 Å². The second-order valence-corrected chi connectivity index (χ2v) is 3.25. The maximum absolute atomic E-state index is 8.91. The average molecular weight is 205 g/mol. The fourth-order valence-corrected chi connectivity index (χ4v) is 1.31. The van der Waals surface area contributed by atoms with Gasteiger partial charge in [0.15, 0.2) is 0 Å². The summed E-state index contributed by atoms with van der Waals surface area (Å²) in [7, 11) is 0. The highest BCUT2D eigenvalue weighted by atomic mass is 15.1. The van der Waals surface area contributed by atoms with E-state index in [1.54, 1.807) is 0 Å². The first kappa shape index (κ1) is 11.2. The molecule has 0 aliphatic heterocycles.